The zero-order valence-corrected chi connectivity index (χ0v) is 12.9. The molecule has 0 unspecified atom stereocenters. The summed E-state index contributed by atoms with van der Waals surface area (Å²) in [6.07, 6.45) is 1.24. The van der Waals surface area contributed by atoms with Crippen molar-refractivity contribution in [1.82, 2.24) is 0 Å². The van der Waals surface area contributed by atoms with E-state index in [-0.39, 0.29) is 34.0 Å². The van der Waals surface area contributed by atoms with Crippen LogP contribution in [0.1, 0.15) is 11.1 Å². The van der Waals surface area contributed by atoms with E-state index in [1.165, 1.54) is 37.5 Å². The summed E-state index contributed by atoms with van der Waals surface area (Å²) < 4.78 is 4.90. The molecular weight excluding hydrogens is 330 g/mol. The highest BCUT2D eigenvalue weighted by molar-refractivity contribution is 5.91. The average Bonchev–Trinajstić information content (AvgIpc) is 2.60. The second-order valence-corrected chi connectivity index (χ2v) is 4.82. The number of methoxy groups -OCH3 is 1. The van der Waals surface area contributed by atoms with E-state index in [4.69, 9.17) is 4.74 Å². The molecule has 0 heterocycles. The molecule has 0 spiro atoms. The minimum absolute atomic E-state index is 0.0148. The summed E-state index contributed by atoms with van der Waals surface area (Å²) in [7, 11) is 1.24. The lowest BCUT2D eigenvalue weighted by Gasteiger charge is -2.07. The lowest BCUT2D eigenvalue weighted by atomic mass is 10.0. The van der Waals surface area contributed by atoms with Crippen molar-refractivity contribution in [3.05, 3.63) is 67.8 Å². The monoisotopic (exact) mass is 341 g/mol. The molecule has 0 aliphatic carbocycles. The fourth-order valence-corrected chi connectivity index (χ4v) is 2.08. The first-order valence-electron chi connectivity index (χ1n) is 6.79. The number of allylic oxidation sites excluding steroid dienone is 1. The van der Waals surface area contributed by atoms with E-state index in [0.717, 1.165) is 12.1 Å². The van der Waals surface area contributed by atoms with E-state index in [2.05, 4.69) is 0 Å². The van der Waals surface area contributed by atoms with Crippen LogP contribution >= 0.6 is 0 Å². The maximum absolute atomic E-state index is 11.0. The molecular formula is C16H11N3O6. The normalized spacial score (nSPS) is 10.8. The molecule has 126 valence electrons. The van der Waals surface area contributed by atoms with Crippen LogP contribution in [-0.4, -0.2) is 22.1 Å². The fourth-order valence-electron chi connectivity index (χ4n) is 2.08. The maximum Gasteiger partial charge on any atom is 0.274 e. The number of phenolic OH excluding ortho intramolecular Hbond substituents is 1. The smallest absolute Gasteiger partial charge is 0.274 e. The number of hydrogen-bond donors (Lipinski definition) is 1. The minimum atomic E-state index is -0.656. The third-order valence-corrected chi connectivity index (χ3v) is 3.33. The van der Waals surface area contributed by atoms with Crippen LogP contribution in [0, 0.1) is 31.6 Å². The third-order valence-electron chi connectivity index (χ3n) is 3.33. The maximum atomic E-state index is 11.0. The van der Waals surface area contributed by atoms with Crippen LogP contribution in [0.3, 0.4) is 0 Å². The van der Waals surface area contributed by atoms with Crippen molar-refractivity contribution >= 4 is 23.0 Å². The molecule has 0 bridgehead atoms. The predicted octanol–water partition coefficient (Wildman–Crippen LogP) is 3.28. The van der Waals surface area contributed by atoms with Gasteiger partial charge in [0.25, 0.3) is 11.4 Å². The number of nitro benzene ring substituents is 2. The Morgan fingerprint density at radius 1 is 1.16 bits per heavy atom. The molecule has 9 heteroatoms. The standard InChI is InChI=1S/C16H11N3O6/c1-25-15-8-14(19(23)24)7-11(16(15)20)6-12(9-17)10-2-4-13(5-3-10)18(21)22/h2-8,20H,1H3/b12-6+. The first kappa shape index (κ1) is 17.4. The van der Waals surface area contributed by atoms with Crippen LogP contribution in [0.15, 0.2) is 36.4 Å². The Hall–Kier alpha value is -3.93. The van der Waals surface area contributed by atoms with E-state index in [1.807, 2.05) is 6.07 Å². The molecule has 0 aliphatic rings. The van der Waals surface area contributed by atoms with Crippen molar-refractivity contribution in [2.45, 2.75) is 0 Å². The molecule has 25 heavy (non-hydrogen) atoms. The van der Waals surface area contributed by atoms with Crippen LogP contribution in [0.25, 0.3) is 11.6 Å². The lowest BCUT2D eigenvalue weighted by molar-refractivity contribution is -0.385. The zero-order valence-electron chi connectivity index (χ0n) is 12.9. The molecule has 0 aliphatic heterocycles. The topological polar surface area (TPSA) is 140 Å². The molecule has 9 nitrogen and oxygen atoms in total. The van der Waals surface area contributed by atoms with Crippen LogP contribution in [0.5, 0.6) is 11.5 Å². The van der Waals surface area contributed by atoms with E-state index >= 15 is 0 Å². The van der Waals surface area contributed by atoms with Crippen molar-refractivity contribution in [3.63, 3.8) is 0 Å². The first-order valence-corrected chi connectivity index (χ1v) is 6.79. The Labute approximate surface area is 141 Å². The highest BCUT2D eigenvalue weighted by Gasteiger charge is 2.17. The molecule has 2 rings (SSSR count). The summed E-state index contributed by atoms with van der Waals surface area (Å²) in [5.74, 6) is -0.468. The number of ether oxygens (including phenoxy) is 1. The van der Waals surface area contributed by atoms with Crippen molar-refractivity contribution < 1.29 is 19.7 Å². The van der Waals surface area contributed by atoms with Crippen molar-refractivity contribution in [1.29, 1.82) is 5.26 Å². The number of aromatic hydroxyl groups is 1. The summed E-state index contributed by atoms with van der Waals surface area (Å²) in [5.41, 5.74) is -0.0190. The van der Waals surface area contributed by atoms with E-state index in [1.54, 1.807) is 0 Å². The van der Waals surface area contributed by atoms with Crippen LogP contribution < -0.4 is 4.74 Å². The molecule has 0 atom stereocenters. The molecule has 0 saturated carbocycles. The van der Waals surface area contributed by atoms with Gasteiger partial charge in [-0.2, -0.15) is 5.26 Å². The van der Waals surface area contributed by atoms with Gasteiger partial charge in [0, 0.05) is 23.8 Å². The minimum Gasteiger partial charge on any atom is -0.504 e. The van der Waals surface area contributed by atoms with Gasteiger partial charge >= 0.3 is 0 Å². The molecule has 0 fully saturated rings. The van der Waals surface area contributed by atoms with Crippen LogP contribution in [0.4, 0.5) is 11.4 Å². The summed E-state index contributed by atoms with van der Waals surface area (Å²) in [6, 6.07) is 9.27. The van der Waals surface area contributed by atoms with Gasteiger partial charge in [-0.25, -0.2) is 0 Å². The molecule has 0 amide bonds. The van der Waals surface area contributed by atoms with Gasteiger partial charge in [-0.1, -0.05) is 0 Å². The quantitative estimate of drug-likeness (QED) is 0.381. The van der Waals surface area contributed by atoms with Crippen LogP contribution in [-0.2, 0) is 0 Å². The summed E-state index contributed by atoms with van der Waals surface area (Å²) in [6.45, 7) is 0. The van der Waals surface area contributed by atoms with Gasteiger partial charge in [0.1, 0.15) is 0 Å². The molecule has 1 N–H and O–H groups in total. The second-order valence-electron chi connectivity index (χ2n) is 4.82. The van der Waals surface area contributed by atoms with E-state index in [9.17, 15) is 30.6 Å². The second kappa shape index (κ2) is 7.10. The first-order chi connectivity index (χ1) is 11.9. The largest absolute Gasteiger partial charge is 0.504 e. The summed E-state index contributed by atoms with van der Waals surface area (Å²) >= 11 is 0. The number of nitrogens with zero attached hydrogens (tertiary/aromatic N) is 3. The zero-order chi connectivity index (χ0) is 18.6. The van der Waals surface area contributed by atoms with Crippen molar-refractivity contribution in [2.75, 3.05) is 7.11 Å². The number of phenols is 1. The van der Waals surface area contributed by atoms with Gasteiger partial charge in [-0.05, 0) is 23.8 Å². The highest BCUT2D eigenvalue weighted by atomic mass is 16.6. The summed E-state index contributed by atoms with van der Waals surface area (Å²) in [4.78, 5) is 20.4. The number of nitriles is 1. The highest BCUT2D eigenvalue weighted by Crippen LogP contribution is 2.36. The number of rotatable bonds is 5. The summed E-state index contributed by atoms with van der Waals surface area (Å²) in [5, 5.41) is 41.1. The van der Waals surface area contributed by atoms with Crippen molar-refractivity contribution in [3.8, 4) is 17.6 Å². The number of hydrogen-bond acceptors (Lipinski definition) is 7. The average molecular weight is 341 g/mol. The van der Waals surface area contributed by atoms with E-state index < -0.39 is 9.85 Å². The van der Waals surface area contributed by atoms with Gasteiger partial charge in [-0.15, -0.1) is 0 Å². The Morgan fingerprint density at radius 2 is 1.76 bits per heavy atom. The van der Waals surface area contributed by atoms with Gasteiger partial charge < -0.3 is 9.84 Å². The lowest BCUT2D eigenvalue weighted by Crippen LogP contribution is -1.93. The van der Waals surface area contributed by atoms with Gasteiger partial charge in [-0.3, -0.25) is 20.2 Å². The van der Waals surface area contributed by atoms with Gasteiger partial charge in [0.2, 0.25) is 0 Å². The molecule has 0 saturated heterocycles. The third kappa shape index (κ3) is 3.70. The van der Waals surface area contributed by atoms with Crippen LogP contribution in [0.2, 0.25) is 0 Å². The molecule has 2 aromatic rings. The molecule has 2 aromatic carbocycles. The Balaban J connectivity index is 2.56. The number of nitro groups is 2. The number of benzene rings is 2. The Morgan fingerprint density at radius 3 is 2.24 bits per heavy atom. The van der Waals surface area contributed by atoms with Gasteiger partial charge in [0.15, 0.2) is 11.5 Å². The number of non-ortho nitro benzene ring substituents is 2. The molecule has 0 aromatic heterocycles. The Kier molecular flexibility index (Phi) is 4.95. The Bertz CT molecular complexity index is 913. The van der Waals surface area contributed by atoms with Gasteiger partial charge in [0.05, 0.1) is 34.7 Å². The van der Waals surface area contributed by atoms with E-state index in [0.29, 0.717) is 5.56 Å². The van der Waals surface area contributed by atoms with Crippen molar-refractivity contribution in [2.24, 2.45) is 0 Å². The SMILES string of the molecule is COc1cc([N+](=O)[O-])cc(/C=C(\C#N)c2ccc([N+](=O)[O-])cc2)c1O. The predicted molar refractivity (Wildman–Crippen MR) is 87.9 cm³/mol. The fraction of sp³-hybridized carbons (Fsp3) is 0.0625. The molecule has 0 radical (unpaired) electrons.